The van der Waals surface area contributed by atoms with Crippen molar-refractivity contribution in [2.45, 2.75) is 12.6 Å². The topological polar surface area (TPSA) is 78.9 Å². The third-order valence-corrected chi connectivity index (χ3v) is 4.72. The number of anilines is 1. The van der Waals surface area contributed by atoms with Gasteiger partial charge in [0.15, 0.2) is 0 Å². The number of nitrogens with zero attached hydrogens (tertiary/aromatic N) is 3. The van der Waals surface area contributed by atoms with Crippen molar-refractivity contribution in [3.05, 3.63) is 78.2 Å². The Morgan fingerprint density at radius 2 is 2.03 bits per heavy atom. The number of aliphatic imine (C=N–C) groups is 1. The lowest BCUT2D eigenvalue weighted by atomic mass is 10.1. The van der Waals surface area contributed by atoms with E-state index in [1.165, 1.54) is 12.1 Å². The number of amides is 1. The molecule has 2 N–H and O–H groups in total. The SMILES string of the molecule is COc1ccc(F)cc1-c1ccnc(N2NC(NC=O)=NC2Cc2ccccc2)c1. The third kappa shape index (κ3) is 4.07. The van der Waals surface area contributed by atoms with Gasteiger partial charge in [0.05, 0.1) is 7.11 Å². The number of hydrazine groups is 1. The van der Waals surface area contributed by atoms with Crippen LogP contribution in [-0.4, -0.2) is 30.6 Å². The number of ether oxygens (including phenoxy) is 1. The molecule has 0 bridgehead atoms. The number of hydrogen-bond acceptors (Lipinski definition) is 6. The standard InChI is InChI=1S/C22H20FN5O2/c1-30-19-8-7-17(23)13-18(19)16-9-10-24-20(12-16)28-21(26-22(27-28)25-14-29)11-15-5-3-2-4-6-15/h2-10,12-14,21H,11H2,1H3,(H2,25,26,27,29). The summed E-state index contributed by atoms with van der Waals surface area (Å²) in [5, 5.41) is 4.32. The molecular formula is C22H20FN5O2. The lowest BCUT2D eigenvalue weighted by Gasteiger charge is -2.24. The number of rotatable bonds is 6. The van der Waals surface area contributed by atoms with Gasteiger partial charge in [0.25, 0.3) is 0 Å². The summed E-state index contributed by atoms with van der Waals surface area (Å²) >= 11 is 0. The van der Waals surface area contributed by atoms with Crippen molar-refractivity contribution in [2.24, 2.45) is 4.99 Å². The summed E-state index contributed by atoms with van der Waals surface area (Å²) in [5.74, 6) is 1.11. The molecule has 1 aromatic heterocycles. The van der Waals surface area contributed by atoms with E-state index in [2.05, 4.69) is 20.7 Å². The predicted octanol–water partition coefficient (Wildman–Crippen LogP) is 2.89. The zero-order chi connectivity index (χ0) is 20.9. The van der Waals surface area contributed by atoms with Crippen LogP contribution in [-0.2, 0) is 11.2 Å². The van der Waals surface area contributed by atoms with E-state index in [1.54, 1.807) is 30.4 Å². The average molecular weight is 405 g/mol. The first kappa shape index (κ1) is 19.4. The Labute approximate surface area is 173 Å². The fraction of sp³-hybridized carbons (Fsp3) is 0.136. The molecule has 1 aliphatic heterocycles. The minimum absolute atomic E-state index is 0.327. The first-order chi connectivity index (χ1) is 14.7. The van der Waals surface area contributed by atoms with Crippen molar-refractivity contribution in [3.8, 4) is 16.9 Å². The van der Waals surface area contributed by atoms with Crippen molar-refractivity contribution >= 4 is 18.2 Å². The number of guanidine groups is 1. The lowest BCUT2D eigenvalue weighted by Crippen LogP contribution is -2.46. The highest BCUT2D eigenvalue weighted by molar-refractivity contribution is 5.91. The molecule has 2 aromatic carbocycles. The maximum absolute atomic E-state index is 13.9. The van der Waals surface area contributed by atoms with Crippen LogP contribution in [0.15, 0.2) is 71.9 Å². The van der Waals surface area contributed by atoms with E-state index in [0.29, 0.717) is 35.9 Å². The van der Waals surface area contributed by atoms with Gasteiger partial charge in [0.1, 0.15) is 23.6 Å². The molecule has 7 nitrogen and oxygen atoms in total. The van der Waals surface area contributed by atoms with Crippen LogP contribution < -0.4 is 20.5 Å². The molecule has 0 fully saturated rings. The second-order valence-electron chi connectivity index (χ2n) is 6.64. The molecule has 0 aliphatic carbocycles. The number of hydrogen-bond donors (Lipinski definition) is 2. The first-order valence-electron chi connectivity index (χ1n) is 9.35. The molecule has 30 heavy (non-hydrogen) atoms. The summed E-state index contributed by atoms with van der Waals surface area (Å²) < 4.78 is 19.2. The Kier molecular flexibility index (Phi) is 5.56. The molecule has 0 saturated carbocycles. The number of aromatic nitrogens is 1. The normalized spacial score (nSPS) is 15.3. The molecule has 152 valence electrons. The van der Waals surface area contributed by atoms with E-state index in [1.807, 2.05) is 36.4 Å². The van der Waals surface area contributed by atoms with Gasteiger partial charge in [-0.3, -0.25) is 15.5 Å². The van der Waals surface area contributed by atoms with Crippen LogP contribution in [0.5, 0.6) is 5.75 Å². The Morgan fingerprint density at radius 1 is 1.20 bits per heavy atom. The monoisotopic (exact) mass is 405 g/mol. The lowest BCUT2D eigenvalue weighted by molar-refractivity contribution is -0.108. The highest BCUT2D eigenvalue weighted by atomic mass is 19.1. The summed E-state index contributed by atoms with van der Waals surface area (Å²) in [6.45, 7) is 0. The van der Waals surface area contributed by atoms with Gasteiger partial charge in [-0.15, -0.1) is 0 Å². The van der Waals surface area contributed by atoms with Gasteiger partial charge in [-0.25, -0.2) is 19.4 Å². The van der Waals surface area contributed by atoms with Crippen molar-refractivity contribution in [2.75, 3.05) is 12.1 Å². The quantitative estimate of drug-likeness (QED) is 0.617. The van der Waals surface area contributed by atoms with Gasteiger partial charge < -0.3 is 4.74 Å². The molecule has 2 heterocycles. The van der Waals surface area contributed by atoms with Gasteiger partial charge in [-0.05, 0) is 41.5 Å². The Balaban J connectivity index is 1.67. The molecule has 3 aromatic rings. The molecule has 1 aliphatic rings. The van der Waals surface area contributed by atoms with Crippen LogP contribution in [0.3, 0.4) is 0 Å². The molecule has 0 spiro atoms. The zero-order valence-corrected chi connectivity index (χ0v) is 16.2. The summed E-state index contributed by atoms with van der Waals surface area (Å²) in [6.07, 6.45) is 2.48. The van der Waals surface area contributed by atoms with E-state index in [4.69, 9.17) is 4.74 Å². The minimum Gasteiger partial charge on any atom is -0.496 e. The van der Waals surface area contributed by atoms with E-state index >= 15 is 0 Å². The first-order valence-corrected chi connectivity index (χ1v) is 9.35. The number of pyridine rings is 1. The van der Waals surface area contributed by atoms with Crippen molar-refractivity contribution in [1.29, 1.82) is 0 Å². The van der Waals surface area contributed by atoms with E-state index < -0.39 is 0 Å². The molecule has 1 unspecified atom stereocenters. The molecule has 4 rings (SSSR count). The third-order valence-electron chi connectivity index (χ3n) is 4.72. The van der Waals surface area contributed by atoms with Crippen LogP contribution in [0.2, 0.25) is 0 Å². The van der Waals surface area contributed by atoms with Gasteiger partial charge in [0, 0.05) is 18.2 Å². The second-order valence-corrected chi connectivity index (χ2v) is 6.64. The highest BCUT2D eigenvalue weighted by Crippen LogP contribution is 2.32. The maximum Gasteiger partial charge on any atom is 0.219 e. The second kappa shape index (κ2) is 8.60. The van der Waals surface area contributed by atoms with Gasteiger partial charge in [-0.2, -0.15) is 0 Å². The van der Waals surface area contributed by atoms with Gasteiger partial charge in [-0.1, -0.05) is 30.3 Å². The predicted molar refractivity (Wildman–Crippen MR) is 112 cm³/mol. The molecular weight excluding hydrogens is 385 g/mol. The zero-order valence-electron chi connectivity index (χ0n) is 16.2. The number of methoxy groups -OCH3 is 1. The van der Waals surface area contributed by atoms with Crippen LogP contribution in [0.4, 0.5) is 10.2 Å². The Bertz CT molecular complexity index is 1070. The van der Waals surface area contributed by atoms with E-state index in [9.17, 15) is 9.18 Å². The molecule has 0 saturated heterocycles. The Morgan fingerprint density at radius 3 is 2.80 bits per heavy atom. The molecule has 0 radical (unpaired) electrons. The highest BCUT2D eigenvalue weighted by Gasteiger charge is 2.28. The average Bonchev–Trinajstić information content (AvgIpc) is 3.17. The van der Waals surface area contributed by atoms with Crippen LogP contribution in [0.1, 0.15) is 5.56 Å². The summed E-state index contributed by atoms with van der Waals surface area (Å²) in [7, 11) is 1.54. The largest absolute Gasteiger partial charge is 0.496 e. The fourth-order valence-corrected chi connectivity index (χ4v) is 3.34. The van der Waals surface area contributed by atoms with Crippen molar-refractivity contribution in [3.63, 3.8) is 0 Å². The number of halogens is 1. The van der Waals surface area contributed by atoms with Crippen LogP contribution in [0, 0.1) is 5.82 Å². The number of benzene rings is 2. The summed E-state index contributed by atoms with van der Waals surface area (Å²) in [4.78, 5) is 19.9. The minimum atomic E-state index is -0.355. The Hall–Kier alpha value is -3.94. The van der Waals surface area contributed by atoms with Crippen molar-refractivity contribution in [1.82, 2.24) is 15.7 Å². The molecule has 1 atom stereocenters. The smallest absolute Gasteiger partial charge is 0.219 e. The summed E-state index contributed by atoms with van der Waals surface area (Å²) in [5.41, 5.74) is 5.52. The summed E-state index contributed by atoms with van der Waals surface area (Å²) in [6, 6.07) is 17.9. The van der Waals surface area contributed by atoms with Crippen molar-refractivity contribution < 1.29 is 13.9 Å². The number of nitrogens with one attached hydrogen (secondary N) is 2. The van der Waals surface area contributed by atoms with Gasteiger partial charge >= 0.3 is 0 Å². The van der Waals surface area contributed by atoms with Gasteiger partial charge in [0.2, 0.25) is 12.4 Å². The molecule has 1 amide bonds. The van der Waals surface area contributed by atoms with Crippen LogP contribution >= 0.6 is 0 Å². The van der Waals surface area contributed by atoms with Crippen LogP contribution in [0.25, 0.3) is 11.1 Å². The van der Waals surface area contributed by atoms with E-state index in [0.717, 1.165) is 11.1 Å². The molecule has 8 heteroatoms. The number of carbonyl (C=O) groups excluding carboxylic acids is 1. The fourth-order valence-electron chi connectivity index (χ4n) is 3.34. The van der Waals surface area contributed by atoms with E-state index in [-0.39, 0.29) is 12.0 Å². The maximum atomic E-state index is 13.9. The number of carbonyl (C=O) groups is 1.